The van der Waals surface area contributed by atoms with E-state index in [2.05, 4.69) is 18.2 Å². The lowest BCUT2D eigenvalue weighted by Crippen LogP contribution is -2.00. The van der Waals surface area contributed by atoms with Gasteiger partial charge in [-0.25, -0.2) is 24.9 Å². The molecule has 0 bridgehead atoms. The van der Waals surface area contributed by atoms with E-state index >= 15 is 0 Å². The first-order valence-electron chi connectivity index (χ1n) is 18.7. The lowest BCUT2D eigenvalue weighted by Gasteiger charge is -2.09. The largest absolute Gasteiger partial charge is 0.456 e. The van der Waals surface area contributed by atoms with E-state index < -0.39 is 0 Å². The summed E-state index contributed by atoms with van der Waals surface area (Å²) in [6.45, 7) is 0. The first-order chi connectivity index (χ1) is 28.2. The van der Waals surface area contributed by atoms with Crippen LogP contribution in [0.4, 0.5) is 0 Å². The summed E-state index contributed by atoms with van der Waals surface area (Å²) in [4.78, 5) is 25.5. The zero-order valence-electron chi connectivity index (χ0n) is 30.0. The molecule has 7 aromatic carbocycles. The first kappa shape index (κ1) is 31.4. The van der Waals surface area contributed by atoms with Crippen molar-refractivity contribution in [3.63, 3.8) is 0 Å². The fourth-order valence-corrected chi connectivity index (χ4v) is 7.87. The third kappa shape index (κ3) is 5.04. The number of hydrogen-bond donors (Lipinski definition) is 0. The van der Waals surface area contributed by atoms with Gasteiger partial charge in [-0.2, -0.15) is 0 Å². The van der Waals surface area contributed by atoms with Crippen molar-refractivity contribution in [3.05, 3.63) is 164 Å². The molecule has 0 fully saturated rings. The molecule has 0 amide bonds. The number of hydrogen-bond acceptors (Lipinski definition) is 8. The van der Waals surface area contributed by atoms with Crippen LogP contribution in [0.5, 0.6) is 0 Å². The standard InChI is InChI=1S/C49H27N5O3/c1-3-12-28(13-4-1)43-45-44(33-17-8-10-20-38(33)57-45)51-49(50-43)34-18-11-21-41-42(34)36-27-31(23-25-40(36)56-41)48-53-46(29-14-5-2-6-15-29)52-47(54-48)30-22-24-39-35(26-30)32-16-7-9-19-37(32)55-39/h1-27H. The van der Waals surface area contributed by atoms with Crippen LogP contribution in [0.3, 0.4) is 0 Å². The third-order valence-electron chi connectivity index (χ3n) is 10.6. The molecule has 8 heteroatoms. The molecule has 0 radical (unpaired) electrons. The Morgan fingerprint density at radius 1 is 0.316 bits per heavy atom. The summed E-state index contributed by atoms with van der Waals surface area (Å²) < 4.78 is 19.0. The highest BCUT2D eigenvalue weighted by atomic mass is 16.3. The van der Waals surface area contributed by atoms with Gasteiger partial charge in [0.1, 0.15) is 39.1 Å². The van der Waals surface area contributed by atoms with Crippen LogP contribution in [0.2, 0.25) is 0 Å². The van der Waals surface area contributed by atoms with Gasteiger partial charge >= 0.3 is 0 Å². The lowest BCUT2D eigenvalue weighted by molar-refractivity contribution is 0.667. The average Bonchev–Trinajstić information content (AvgIpc) is 3.97. The minimum absolute atomic E-state index is 0.540. The van der Waals surface area contributed by atoms with Crippen LogP contribution in [0, 0.1) is 0 Å². The summed E-state index contributed by atoms with van der Waals surface area (Å²) >= 11 is 0. The van der Waals surface area contributed by atoms with Crippen molar-refractivity contribution in [1.29, 1.82) is 0 Å². The Morgan fingerprint density at radius 2 is 0.860 bits per heavy atom. The van der Waals surface area contributed by atoms with Crippen molar-refractivity contribution < 1.29 is 13.3 Å². The molecule has 266 valence electrons. The SMILES string of the molecule is c1ccc(-c2nc(-c3ccc4oc5ccccc5c4c3)nc(-c3ccc4oc5cccc(-c6nc(-c7ccccc7)c7oc8ccccc8c7n6)c5c4c3)n2)cc1. The molecule has 57 heavy (non-hydrogen) atoms. The Kier molecular flexibility index (Phi) is 6.76. The topological polar surface area (TPSA) is 104 Å². The Labute approximate surface area is 323 Å². The smallest absolute Gasteiger partial charge is 0.180 e. The number of nitrogens with zero attached hydrogens (tertiary/aromatic N) is 5. The number of rotatable bonds is 5. The van der Waals surface area contributed by atoms with Gasteiger partial charge in [0, 0.05) is 54.7 Å². The predicted octanol–water partition coefficient (Wildman–Crippen LogP) is 12.7. The monoisotopic (exact) mass is 733 g/mol. The van der Waals surface area contributed by atoms with Gasteiger partial charge in [-0.15, -0.1) is 0 Å². The quantitative estimate of drug-likeness (QED) is 0.172. The Bertz CT molecular complexity index is 3530. The molecule has 0 aliphatic heterocycles. The molecule has 0 saturated heterocycles. The lowest BCUT2D eigenvalue weighted by atomic mass is 10.0. The highest BCUT2D eigenvalue weighted by Gasteiger charge is 2.22. The summed E-state index contributed by atoms with van der Waals surface area (Å²) in [5, 5.41) is 4.77. The Balaban J connectivity index is 1.06. The van der Waals surface area contributed by atoms with E-state index in [9.17, 15) is 0 Å². The maximum Gasteiger partial charge on any atom is 0.180 e. The summed E-state index contributed by atoms with van der Waals surface area (Å²) in [5.74, 6) is 2.25. The molecular weight excluding hydrogens is 707 g/mol. The molecule has 8 nitrogen and oxygen atoms in total. The number of benzene rings is 7. The van der Waals surface area contributed by atoms with Crippen LogP contribution in [0.25, 0.3) is 123 Å². The Hall–Kier alpha value is -7.97. The number of aromatic nitrogens is 5. The van der Waals surface area contributed by atoms with E-state index in [1.54, 1.807) is 0 Å². The number of furan rings is 3. The highest BCUT2D eigenvalue weighted by Crippen LogP contribution is 2.41. The van der Waals surface area contributed by atoms with Crippen molar-refractivity contribution in [2.45, 2.75) is 0 Å². The fraction of sp³-hybridized carbons (Fsp3) is 0. The van der Waals surface area contributed by atoms with E-state index in [0.717, 1.165) is 93.9 Å². The Morgan fingerprint density at radius 3 is 1.60 bits per heavy atom. The number of para-hydroxylation sites is 2. The molecule has 0 spiro atoms. The van der Waals surface area contributed by atoms with Crippen molar-refractivity contribution in [1.82, 2.24) is 24.9 Å². The van der Waals surface area contributed by atoms with Gasteiger partial charge in [-0.3, -0.25) is 0 Å². The maximum absolute atomic E-state index is 6.48. The summed E-state index contributed by atoms with van der Waals surface area (Å²) in [5.41, 5.74) is 10.4. The maximum atomic E-state index is 6.48. The highest BCUT2D eigenvalue weighted by molar-refractivity contribution is 6.14. The van der Waals surface area contributed by atoms with Gasteiger partial charge in [0.2, 0.25) is 0 Å². The van der Waals surface area contributed by atoms with Crippen molar-refractivity contribution in [2.75, 3.05) is 0 Å². The van der Waals surface area contributed by atoms with Gasteiger partial charge < -0.3 is 13.3 Å². The van der Waals surface area contributed by atoms with Gasteiger partial charge in [0.25, 0.3) is 0 Å². The second-order valence-corrected chi connectivity index (χ2v) is 14.0. The van der Waals surface area contributed by atoms with Crippen LogP contribution in [-0.2, 0) is 0 Å². The van der Waals surface area contributed by atoms with Crippen LogP contribution in [0.15, 0.2) is 177 Å². The molecule has 0 N–H and O–H groups in total. The zero-order valence-corrected chi connectivity index (χ0v) is 30.0. The van der Waals surface area contributed by atoms with Gasteiger partial charge in [-0.1, -0.05) is 103 Å². The molecule has 0 aliphatic rings. The molecule has 0 unspecified atom stereocenters. The molecule has 0 atom stereocenters. The summed E-state index contributed by atoms with van der Waals surface area (Å²) in [6, 6.07) is 54.3. The minimum Gasteiger partial charge on any atom is -0.456 e. The molecule has 12 aromatic rings. The summed E-state index contributed by atoms with van der Waals surface area (Å²) in [7, 11) is 0. The van der Waals surface area contributed by atoms with E-state index in [1.807, 2.05) is 146 Å². The second-order valence-electron chi connectivity index (χ2n) is 14.0. The van der Waals surface area contributed by atoms with E-state index in [4.69, 9.17) is 38.2 Å². The van der Waals surface area contributed by atoms with Gasteiger partial charge in [-0.05, 0) is 60.7 Å². The van der Waals surface area contributed by atoms with Crippen molar-refractivity contribution >= 4 is 65.9 Å². The molecule has 0 saturated carbocycles. The van der Waals surface area contributed by atoms with Crippen molar-refractivity contribution in [2.24, 2.45) is 0 Å². The third-order valence-corrected chi connectivity index (χ3v) is 10.6. The van der Waals surface area contributed by atoms with Crippen LogP contribution in [-0.4, -0.2) is 24.9 Å². The molecule has 0 aliphatic carbocycles. The van der Waals surface area contributed by atoms with E-state index in [-0.39, 0.29) is 0 Å². The fourth-order valence-electron chi connectivity index (χ4n) is 7.87. The van der Waals surface area contributed by atoms with Gasteiger partial charge in [0.15, 0.2) is 28.9 Å². The zero-order chi connectivity index (χ0) is 37.5. The average molecular weight is 734 g/mol. The van der Waals surface area contributed by atoms with Crippen molar-refractivity contribution in [3.8, 4) is 56.8 Å². The van der Waals surface area contributed by atoms with Crippen LogP contribution in [0.1, 0.15) is 0 Å². The molecule has 5 heterocycles. The first-order valence-corrected chi connectivity index (χ1v) is 18.7. The van der Waals surface area contributed by atoms with Crippen LogP contribution >= 0.6 is 0 Å². The van der Waals surface area contributed by atoms with Crippen LogP contribution < -0.4 is 0 Å². The normalized spacial score (nSPS) is 11.9. The molecule has 12 rings (SSSR count). The summed E-state index contributed by atoms with van der Waals surface area (Å²) in [6.07, 6.45) is 0. The van der Waals surface area contributed by atoms with E-state index in [1.165, 1.54) is 0 Å². The predicted molar refractivity (Wildman–Crippen MR) is 224 cm³/mol. The van der Waals surface area contributed by atoms with E-state index in [0.29, 0.717) is 28.9 Å². The molecular formula is C49H27N5O3. The van der Waals surface area contributed by atoms with Gasteiger partial charge in [0.05, 0.1) is 0 Å². The molecule has 5 aromatic heterocycles. The second kappa shape index (κ2) is 12.3. The number of fused-ring (bicyclic) bond motifs is 9. The minimum atomic E-state index is 0.540.